The van der Waals surface area contributed by atoms with Crippen molar-refractivity contribution in [3.8, 4) is 5.95 Å². The highest BCUT2D eigenvalue weighted by Gasteiger charge is 2.35. The molecule has 4 rings (SSSR count). The van der Waals surface area contributed by atoms with E-state index in [-0.39, 0.29) is 29.2 Å². The van der Waals surface area contributed by atoms with Crippen LogP contribution >= 0.6 is 23.1 Å². The number of thiophene rings is 1. The Morgan fingerprint density at radius 1 is 1.39 bits per heavy atom. The molecule has 4 heterocycles. The van der Waals surface area contributed by atoms with E-state index in [1.165, 1.54) is 16.4 Å². The van der Waals surface area contributed by atoms with Gasteiger partial charge in [-0.15, -0.1) is 21.5 Å². The Morgan fingerprint density at radius 2 is 2.19 bits per heavy atom. The van der Waals surface area contributed by atoms with Crippen LogP contribution in [0.4, 0.5) is 0 Å². The third kappa shape index (κ3) is 4.77. The first-order valence-corrected chi connectivity index (χ1v) is 13.3. The highest BCUT2D eigenvalue weighted by Crippen LogP contribution is 2.24. The van der Waals surface area contributed by atoms with Crippen molar-refractivity contribution in [1.82, 2.24) is 29.6 Å². The van der Waals surface area contributed by atoms with Crippen LogP contribution in [0.5, 0.6) is 0 Å². The van der Waals surface area contributed by atoms with Gasteiger partial charge in [0.15, 0.2) is 9.84 Å². The van der Waals surface area contributed by atoms with Crippen molar-refractivity contribution in [2.75, 3.05) is 23.1 Å². The number of amides is 1. The lowest BCUT2D eigenvalue weighted by Crippen LogP contribution is -2.41. The Kier molecular flexibility index (Phi) is 6.08. The number of nitrogens with two attached hydrogens (primary N) is 1. The number of carbonyl (C=O) groups is 1. The lowest BCUT2D eigenvalue weighted by Gasteiger charge is -2.27. The topological polar surface area (TPSA) is 129 Å². The molecule has 13 heteroatoms. The first kappa shape index (κ1) is 21.8. The Balaban J connectivity index is 1.48. The number of sulfone groups is 1. The van der Waals surface area contributed by atoms with Gasteiger partial charge in [-0.25, -0.2) is 17.8 Å². The minimum atomic E-state index is -3.11. The number of aryl methyl sites for hydroxylation is 2. The van der Waals surface area contributed by atoms with Gasteiger partial charge in [0, 0.05) is 16.6 Å². The summed E-state index contributed by atoms with van der Waals surface area (Å²) < 4.78 is 26.9. The van der Waals surface area contributed by atoms with Gasteiger partial charge in [0.05, 0.1) is 29.5 Å². The first-order valence-electron chi connectivity index (χ1n) is 9.63. The third-order valence-electron chi connectivity index (χ3n) is 5.05. The van der Waals surface area contributed by atoms with Gasteiger partial charge < -0.3 is 10.7 Å². The molecule has 1 unspecified atom stereocenters. The van der Waals surface area contributed by atoms with E-state index in [4.69, 9.17) is 5.84 Å². The fraction of sp³-hybridized carbons (Fsp3) is 0.444. The Bertz CT molecular complexity index is 1180. The molecule has 0 spiro atoms. The van der Waals surface area contributed by atoms with Gasteiger partial charge in [0.2, 0.25) is 11.1 Å². The zero-order valence-corrected chi connectivity index (χ0v) is 19.6. The molecule has 2 N–H and O–H groups in total. The van der Waals surface area contributed by atoms with Crippen LogP contribution in [0.15, 0.2) is 28.7 Å². The zero-order valence-electron chi connectivity index (χ0n) is 17.1. The molecule has 0 saturated carbocycles. The van der Waals surface area contributed by atoms with E-state index < -0.39 is 9.84 Å². The molecule has 1 aliphatic heterocycles. The molecule has 0 radical (unpaired) electrons. The van der Waals surface area contributed by atoms with Crippen LogP contribution in [0.25, 0.3) is 5.95 Å². The van der Waals surface area contributed by atoms with Crippen LogP contribution in [0, 0.1) is 13.8 Å². The summed E-state index contributed by atoms with van der Waals surface area (Å²) in [5.41, 5.74) is 1.70. The smallest absolute Gasteiger partial charge is 0.271 e. The lowest BCUT2D eigenvalue weighted by atomic mass is 10.2. The lowest BCUT2D eigenvalue weighted by molar-refractivity contribution is -0.130. The summed E-state index contributed by atoms with van der Waals surface area (Å²) in [6.45, 7) is 4.16. The summed E-state index contributed by atoms with van der Waals surface area (Å²) in [5, 5.41) is 14.9. The molecule has 1 aliphatic rings. The molecule has 3 aromatic heterocycles. The predicted octanol–water partition coefficient (Wildman–Crippen LogP) is 1.16. The normalized spacial score (nSPS) is 17.8. The van der Waals surface area contributed by atoms with E-state index in [0.717, 1.165) is 16.3 Å². The van der Waals surface area contributed by atoms with Crippen LogP contribution < -0.4 is 5.84 Å². The van der Waals surface area contributed by atoms with Crippen LogP contribution in [0.2, 0.25) is 0 Å². The Hall–Kier alpha value is -2.38. The predicted molar refractivity (Wildman–Crippen MR) is 119 cm³/mol. The number of rotatable bonds is 7. The molecule has 10 nitrogen and oxygen atoms in total. The molecule has 0 aromatic carbocycles. The van der Waals surface area contributed by atoms with Crippen LogP contribution in [-0.2, 0) is 21.2 Å². The highest BCUT2D eigenvalue weighted by molar-refractivity contribution is 7.99. The van der Waals surface area contributed by atoms with Gasteiger partial charge in [0.25, 0.3) is 5.95 Å². The minimum Gasteiger partial charge on any atom is -0.334 e. The van der Waals surface area contributed by atoms with Crippen molar-refractivity contribution in [2.24, 2.45) is 0 Å². The second-order valence-corrected chi connectivity index (χ2v) is 11.6. The van der Waals surface area contributed by atoms with Gasteiger partial charge >= 0.3 is 0 Å². The van der Waals surface area contributed by atoms with E-state index in [1.54, 1.807) is 20.9 Å². The molecule has 1 fully saturated rings. The molecule has 31 heavy (non-hydrogen) atoms. The summed E-state index contributed by atoms with van der Waals surface area (Å²) in [6.07, 6.45) is 0.458. The zero-order chi connectivity index (χ0) is 22.2. The fourth-order valence-corrected chi connectivity index (χ4v) is 6.74. The number of aromatic nitrogens is 5. The average molecular weight is 482 g/mol. The number of nitrogen functional groups attached to an aromatic ring is 1. The molecule has 0 bridgehead atoms. The van der Waals surface area contributed by atoms with E-state index in [2.05, 4.69) is 15.3 Å². The van der Waals surface area contributed by atoms with Crippen LogP contribution in [0.1, 0.15) is 22.7 Å². The summed E-state index contributed by atoms with van der Waals surface area (Å²) in [6, 6.07) is 5.45. The molecular formula is C18H23N7O3S3. The monoisotopic (exact) mass is 481 g/mol. The molecule has 1 saturated heterocycles. The number of nitrogens with zero attached hydrogens (tertiary/aromatic N) is 6. The van der Waals surface area contributed by atoms with E-state index in [9.17, 15) is 13.2 Å². The maximum Gasteiger partial charge on any atom is 0.271 e. The van der Waals surface area contributed by atoms with Crippen molar-refractivity contribution in [1.29, 1.82) is 0 Å². The fourth-order valence-electron chi connectivity index (χ4n) is 3.57. The van der Waals surface area contributed by atoms with Gasteiger partial charge in [-0.3, -0.25) is 4.79 Å². The molecule has 1 amide bonds. The quantitative estimate of drug-likeness (QED) is 0.393. The van der Waals surface area contributed by atoms with Crippen molar-refractivity contribution in [2.45, 2.75) is 38.0 Å². The van der Waals surface area contributed by atoms with E-state index >= 15 is 0 Å². The first-order chi connectivity index (χ1) is 14.7. The Labute approximate surface area is 188 Å². The largest absolute Gasteiger partial charge is 0.334 e. The van der Waals surface area contributed by atoms with Gasteiger partial charge in [-0.2, -0.15) is 5.10 Å². The minimum absolute atomic E-state index is 0.00390. The van der Waals surface area contributed by atoms with Gasteiger partial charge in [-0.1, -0.05) is 17.8 Å². The second-order valence-electron chi connectivity index (χ2n) is 7.44. The summed E-state index contributed by atoms with van der Waals surface area (Å²) in [4.78, 5) is 15.8. The molecule has 0 aliphatic carbocycles. The highest BCUT2D eigenvalue weighted by atomic mass is 32.2. The van der Waals surface area contributed by atoms with Crippen molar-refractivity contribution in [3.63, 3.8) is 0 Å². The molecule has 166 valence electrons. The maximum absolute atomic E-state index is 13.1. The summed E-state index contributed by atoms with van der Waals surface area (Å²) in [5.74, 6) is 6.55. The molecular weight excluding hydrogens is 458 g/mol. The average Bonchev–Trinajstić information content (AvgIpc) is 3.47. The summed E-state index contributed by atoms with van der Waals surface area (Å²) in [7, 11) is -3.11. The van der Waals surface area contributed by atoms with Gasteiger partial charge in [-0.05, 0) is 37.8 Å². The van der Waals surface area contributed by atoms with Crippen molar-refractivity contribution >= 4 is 38.8 Å². The Morgan fingerprint density at radius 3 is 2.81 bits per heavy atom. The number of hydrogen-bond donors (Lipinski definition) is 1. The number of thioether (sulfide) groups is 1. The van der Waals surface area contributed by atoms with E-state index in [0.29, 0.717) is 24.1 Å². The second kappa shape index (κ2) is 8.63. The SMILES string of the molecule is Cc1cc(C)n(-c2nnc(SCC(=O)N(Cc3cccs3)C3CCS(=O)(=O)C3)n2N)n1. The van der Waals surface area contributed by atoms with Crippen LogP contribution in [0.3, 0.4) is 0 Å². The number of carbonyl (C=O) groups excluding carboxylic acids is 1. The summed E-state index contributed by atoms with van der Waals surface area (Å²) >= 11 is 2.71. The van der Waals surface area contributed by atoms with Crippen LogP contribution in [-0.4, -0.2) is 67.2 Å². The van der Waals surface area contributed by atoms with Gasteiger partial charge in [0.1, 0.15) is 0 Å². The molecule has 1 atom stereocenters. The van der Waals surface area contributed by atoms with Crippen molar-refractivity contribution in [3.05, 3.63) is 39.8 Å². The molecule has 3 aromatic rings. The van der Waals surface area contributed by atoms with Crippen molar-refractivity contribution < 1.29 is 13.2 Å². The number of hydrogen-bond acceptors (Lipinski definition) is 9. The third-order valence-corrected chi connectivity index (χ3v) is 8.59. The standard InChI is InChI=1S/C18H23N7O3S3/c1-12-8-13(2)25(22-12)17-20-21-18(24(17)19)30-10-16(26)23(9-15-4-3-6-29-15)14-5-7-31(27,28)11-14/h3-4,6,8,14H,5,7,9-11,19H2,1-2H3. The van der Waals surface area contributed by atoms with E-state index in [1.807, 2.05) is 37.4 Å². The maximum atomic E-state index is 13.1.